The lowest BCUT2D eigenvalue weighted by molar-refractivity contribution is -0.136. The Kier molecular flexibility index (Phi) is 7.20. The smallest absolute Gasteiger partial charge is 0.226 e. The van der Waals surface area contributed by atoms with E-state index in [-0.39, 0.29) is 23.7 Å². The molecular weight excluding hydrogens is 284 g/mol. The molecule has 3 nitrogen and oxygen atoms in total. The molecule has 0 radical (unpaired) electrons. The largest absolute Gasteiger partial charge is 0.354 e. The minimum absolute atomic E-state index is 0. The first kappa shape index (κ1) is 18.0. The summed E-state index contributed by atoms with van der Waals surface area (Å²) >= 11 is 0. The Morgan fingerprint density at radius 3 is 2.48 bits per heavy atom. The molecule has 0 saturated heterocycles. The van der Waals surface area contributed by atoms with Gasteiger partial charge in [-0.25, -0.2) is 0 Å². The molecule has 1 fully saturated rings. The monoisotopic (exact) mass is 310 g/mol. The summed E-state index contributed by atoms with van der Waals surface area (Å²) < 4.78 is 0. The minimum Gasteiger partial charge on any atom is -0.354 e. The van der Waals surface area contributed by atoms with Crippen LogP contribution in [0, 0.1) is 5.41 Å². The molecule has 2 rings (SSSR count). The van der Waals surface area contributed by atoms with E-state index in [1.165, 1.54) is 12.0 Å². The van der Waals surface area contributed by atoms with Gasteiger partial charge in [0.15, 0.2) is 0 Å². The molecule has 0 bridgehead atoms. The van der Waals surface area contributed by atoms with E-state index in [4.69, 9.17) is 0 Å². The van der Waals surface area contributed by atoms with Crippen molar-refractivity contribution < 1.29 is 4.79 Å². The van der Waals surface area contributed by atoms with Gasteiger partial charge in [-0.15, -0.1) is 12.4 Å². The summed E-state index contributed by atoms with van der Waals surface area (Å²) in [7, 11) is 0. The number of hydrogen-bond donors (Lipinski definition) is 2. The van der Waals surface area contributed by atoms with Gasteiger partial charge >= 0.3 is 0 Å². The third kappa shape index (κ3) is 4.72. The van der Waals surface area contributed by atoms with Gasteiger partial charge in [-0.3, -0.25) is 4.79 Å². The van der Waals surface area contributed by atoms with Crippen molar-refractivity contribution in [3.05, 3.63) is 35.9 Å². The summed E-state index contributed by atoms with van der Waals surface area (Å²) in [6.45, 7) is 5.84. The third-order valence-electron chi connectivity index (χ3n) is 4.30. The van der Waals surface area contributed by atoms with Crippen molar-refractivity contribution in [3.63, 3.8) is 0 Å². The Labute approximate surface area is 134 Å². The summed E-state index contributed by atoms with van der Waals surface area (Å²) in [5, 5.41) is 6.45. The molecule has 21 heavy (non-hydrogen) atoms. The summed E-state index contributed by atoms with van der Waals surface area (Å²) in [5.41, 5.74) is 1.11. The van der Waals surface area contributed by atoms with Crippen LogP contribution in [0.1, 0.15) is 38.7 Å². The maximum absolute atomic E-state index is 12.5. The van der Waals surface area contributed by atoms with E-state index in [0.29, 0.717) is 12.6 Å². The fourth-order valence-electron chi connectivity index (χ4n) is 2.93. The molecule has 1 aromatic carbocycles. The number of nitrogens with one attached hydrogen (secondary N) is 2. The molecule has 1 saturated carbocycles. The number of carbonyl (C=O) groups is 1. The molecule has 0 unspecified atom stereocenters. The van der Waals surface area contributed by atoms with Crippen LogP contribution >= 0.6 is 12.4 Å². The minimum atomic E-state index is -0.159. The van der Waals surface area contributed by atoms with E-state index in [2.05, 4.69) is 36.6 Å². The van der Waals surface area contributed by atoms with Crippen LogP contribution in [0.3, 0.4) is 0 Å². The lowest BCUT2D eigenvalue weighted by Gasteiger charge is -2.40. The summed E-state index contributed by atoms with van der Waals surface area (Å²) in [5.74, 6) is 0.234. The van der Waals surface area contributed by atoms with Crippen molar-refractivity contribution in [1.29, 1.82) is 0 Å². The number of amides is 1. The molecule has 4 heteroatoms. The zero-order chi connectivity index (χ0) is 14.4. The van der Waals surface area contributed by atoms with E-state index < -0.39 is 0 Å². The Morgan fingerprint density at radius 2 is 1.95 bits per heavy atom. The Balaban J connectivity index is 0.00000220. The van der Waals surface area contributed by atoms with E-state index in [0.717, 1.165) is 25.8 Å². The van der Waals surface area contributed by atoms with Crippen molar-refractivity contribution in [1.82, 2.24) is 10.6 Å². The number of benzene rings is 1. The molecule has 2 N–H and O–H groups in total. The molecule has 1 aliphatic carbocycles. The molecule has 1 atom stereocenters. The van der Waals surface area contributed by atoms with E-state index >= 15 is 0 Å². The number of hydrogen-bond acceptors (Lipinski definition) is 2. The van der Waals surface area contributed by atoms with Crippen LogP contribution in [-0.2, 0) is 11.2 Å². The second-order valence-corrected chi connectivity index (χ2v) is 5.97. The van der Waals surface area contributed by atoms with Crippen molar-refractivity contribution in [3.8, 4) is 0 Å². The van der Waals surface area contributed by atoms with Crippen LogP contribution in [0.15, 0.2) is 30.3 Å². The third-order valence-corrected chi connectivity index (χ3v) is 4.30. The van der Waals surface area contributed by atoms with Gasteiger partial charge in [-0.1, -0.05) is 43.7 Å². The Morgan fingerprint density at radius 1 is 1.29 bits per heavy atom. The van der Waals surface area contributed by atoms with Crippen molar-refractivity contribution in [2.75, 3.05) is 13.1 Å². The van der Waals surface area contributed by atoms with Gasteiger partial charge in [0.1, 0.15) is 0 Å². The molecule has 118 valence electrons. The highest BCUT2D eigenvalue weighted by Crippen LogP contribution is 2.43. The second kappa shape index (κ2) is 8.40. The maximum atomic E-state index is 12.5. The average Bonchev–Trinajstić information content (AvgIpc) is 2.42. The number of rotatable bonds is 7. The summed E-state index contributed by atoms with van der Waals surface area (Å²) in [4.78, 5) is 12.5. The predicted molar refractivity (Wildman–Crippen MR) is 89.8 cm³/mol. The zero-order valence-electron chi connectivity index (χ0n) is 13.0. The highest BCUT2D eigenvalue weighted by Gasteiger charge is 2.43. The number of halogens is 1. The lowest BCUT2D eigenvalue weighted by Crippen LogP contribution is -2.50. The normalized spacial score (nSPS) is 17.2. The van der Waals surface area contributed by atoms with Crippen LogP contribution in [0.25, 0.3) is 0 Å². The molecule has 1 amide bonds. The molecule has 0 spiro atoms. The molecule has 1 aromatic rings. The highest BCUT2D eigenvalue weighted by atomic mass is 35.5. The average molecular weight is 311 g/mol. The van der Waals surface area contributed by atoms with Crippen LogP contribution < -0.4 is 10.6 Å². The fourth-order valence-corrected chi connectivity index (χ4v) is 2.93. The summed E-state index contributed by atoms with van der Waals surface area (Å²) in [6.07, 6.45) is 4.07. The predicted octanol–water partition coefficient (Wildman–Crippen LogP) is 2.94. The van der Waals surface area contributed by atoms with Gasteiger partial charge in [0.05, 0.1) is 5.41 Å². The SMILES string of the molecule is CCN[C@H](C)CNC(=O)C1(Cc2ccccc2)CCC1.Cl. The van der Waals surface area contributed by atoms with Crippen LogP contribution in [0.5, 0.6) is 0 Å². The Bertz CT molecular complexity index is 432. The topological polar surface area (TPSA) is 41.1 Å². The fraction of sp³-hybridized carbons (Fsp3) is 0.588. The van der Waals surface area contributed by atoms with Gasteiger partial charge in [0.2, 0.25) is 5.91 Å². The molecular formula is C17H27ClN2O. The molecule has 0 heterocycles. The van der Waals surface area contributed by atoms with Crippen molar-refractivity contribution in [2.24, 2.45) is 5.41 Å². The van der Waals surface area contributed by atoms with Gasteiger partial charge in [0.25, 0.3) is 0 Å². The molecule has 0 aromatic heterocycles. The number of likely N-dealkylation sites (N-methyl/N-ethyl adjacent to an activating group) is 1. The van der Waals surface area contributed by atoms with Crippen molar-refractivity contribution >= 4 is 18.3 Å². The van der Waals surface area contributed by atoms with Gasteiger partial charge in [-0.05, 0) is 38.3 Å². The Hall–Kier alpha value is -1.06. The van der Waals surface area contributed by atoms with E-state index in [9.17, 15) is 4.79 Å². The van der Waals surface area contributed by atoms with Gasteiger partial charge in [-0.2, -0.15) is 0 Å². The first-order valence-corrected chi connectivity index (χ1v) is 7.72. The lowest BCUT2D eigenvalue weighted by atomic mass is 9.64. The van der Waals surface area contributed by atoms with E-state index in [1.807, 2.05) is 18.2 Å². The standard InChI is InChI=1S/C17H26N2O.ClH/c1-3-18-14(2)13-19-16(20)17(10-7-11-17)12-15-8-5-4-6-9-15;/h4-6,8-9,14,18H,3,7,10-13H2,1-2H3,(H,19,20);1H/t14-;/m1./s1. The first-order valence-electron chi connectivity index (χ1n) is 7.72. The van der Waals surface area contributed by atoms with Crippen LogP contribution in [0.4, 0.5) is 0 Å². The van der Waals surface area contributed by atoms with Gasteiger partial charge in [0, 0.05) is 12.6 Å². The highest BCUT2D eigenvalue weighted by molar-refractivity contribution is 5.85. The number of carbonyl (C=O) groups excluding carboxylic acids is 1. The van der Waals surface area contributed by atoms with E-state index in [1.54, 1.807) is 0 Å². The van der Waals surface area contributed by atoms with Gasteiger partial charge < -0.3 is 10.6 Å². The maximum Gasteiger partial charge on any atom is 0.226 e. The quantitative estimate of drug-likeness (QED) is 0.813. The van der Waals surface area contributed by atoms with Crippen LogP contribution in [0.2, 0.25) is 0 Å². The summed E-state index contributed by atoms with van der Waals surface area (Å²) in [6, 6.07) is 10.7. The zero-order valence-corrected chi connectivity index (χ0v) is 13.8. The van der Waals surface area contributed by atoms with Crippen LogP contribution in [-0.4, -0.2) is 25.0 Å². The van der Waals surface area contributed by atoms with Crippen molar-refractivity contribution in [2.45, 2.75) is 45.6 Å². The molecule has 0 aliphatic heterocycles. The second-order valence-electron chi connectivity index (χ2n) is 5.97. The molecule has 1 aliphatic rings. The first-order chi connectivity index (χ1) is 9.66.